The van der Waals surface area contributed by atoms with Crippen molar-refractivity contribution >= 4 is 32.5 Å². The Bertz CT molecular complexity index is 1200. The number of nitrogens with one attached hydrogen (secondary N) is 1. The Kier molecular flexibility index (Phi) is 4.49. The number of nitrogens with zero attached hydrogens (tertiary/aromatic N) is 2. The number of ether oxygens (including phenoxy) is 1. The summed E-state index contributed by atoms with van der Waals surface area (Å²) in [4.78, 5) is 12.3. The van der Waals surface area contributed by atoms with E-state index < -0.39 is 34.4 Å². The third-order valence-electron chi connectivity index (χ3n) is 4.59. The van der Waals surface area contributed by atoms with Crippen molar-refractivity contribution in [2.75, 3.05) is 17.5 Å². The number of rotatable bonds is 5. The first kappa shape index (κ1) is 19.2. The minimum absolute atomic E-state index is 0.103. The highest BCUT2D eigenvalue weighted by molar-refractivity contribution is 7.93. The van der Waals surface area contributed by atoms with E-state index in [2.05, 4.69) is 5.10 Å². The zero-order valence-electron chi connectivity index (χ0n) is 14.7. The van der Waals surface area contributed by atoms with Crippen LogP contribution < -0.4 is 4.31 Å². The molecule has 0 radical (unpaired) electrons. The lowest BCUT2D eigenvalue weighted by Gasteiger charge is -2.17. The topological polar surface area (TPSA) is 92.4 Å². The molecule has 0 aliphatic carbocycles. The van der Waals surface area contributed by atoms with Gasteiger partial charge < -0.3 is 4.74 Å². The smallest absolute Gasteiger partial charge is 0.433 e. The molecular formula is C18H14F3N3O4S. The van der Waals surface area contributed by atoms with Crippen molar-refractivity contribution < 1.29 is 31.1 Å². The second-order valence-corrected chi connectivity index (χ2v) is 8.21. The first-order chi connectivity index (χ1) is 13.7. The van der Waals surface area contributed by atoms with Gasteiger partial charge in [-0.3, -0.25) is 14.2 Å². The molecule has 0 unspecified atom stereocenters. The normalized spacial score (nSPS) is 15.1. The molecule has 152 valence electrons. The maximum atomic E-state index is 12.8. The van der Waals surface area contributed by atoms with Gasteiger partial charge in [0.15, 0.2) is 0 Å². The molecule has 0 spiro atoms. The minimum atomic E-state index is -4.59. The maximum absolute atomic E-state index is 12.8. The van der Waals surface area contributed by atoms with E-state index in [1.54, 1.807) is 30.3 Å². The molecule has 1 aliphatic heterocycles. The molecular weight excluding hydrogens is 411 g/mol. The largest absolute Gasteiger partial charge is 0.464 e. The zero-order valence-corrected chi connectivity index (χ0v) is 15.5. The van der Waals surface area contributed by atoms with Crippen LogP contribution >= 0.6 is 0 Å². The Balaban J connectivity index is 1.46. The second-order valence-electron chi connectivity index (χ2n) is 6.38. The molecule has 29 heavy (non-hydrogen) atoms. The first-order valence-corrected chi connectivity index (χ1v) is 9.93. The molecule has 0 saturated heterocycles. The number of sulfonamides is 1. The molecule has 1 aromatic heterocycles. The Hall–Kier alpha value is -3.08. The van der Waals surface area contributed by atoms with Crippen molar-refractivity contribution in [3.8, 4) is 0 Å². The van der Waals surface area contributed by atoms with Gasteiger partial charge in [0, 0.05) is 17.4 Å². The van der Waals surface area contributed by atoms with Crippen LogP contribution in [0.2, 0.25) is 0 Å². The lowest BCUT2D eigenvalue weighted by molar-refractivity contribution is -0.142. The number of aromatic nitrogens is 2. The third-order valence-corrected chi connectivity index (χ3v) is 6.39. The van der Waals surface area contributed by atoms with Crippen molar-refractivity contribution in [3.63, 3.8) is 0 Å². The molecule has 7 nitrogen and oxygen atoms in total. The van der Waals surface area contributed by atoms with Crippen molar-refractivity contribution in [1.29, 1.82) is 0 Å². The molecule has 11 heteroatoms. The number of aromatic amines is 1. The van der Waals surface area contributed by atoms with Gasteiger partial charge in [0.2, 0.25) is 0 Å². The van der Waals surface area contributed by atoms with Gasteiger partial charge in [-0.2, -0.15) is 18.3 Å². The van der Waals surface area contributed by atoms with Gasteiger partial charge in [0.25, 0.3) is 10.0 Å². The fourth-order valence-electron chi connectivity index (χ4n) is 3.31. The van der Waals surface area contributed by atoms with E-state index >= 15 is 0 Å². The molecule has 0 bridgehead atoms. The number of halogens is 3. The van der Waals surface area contributed by atoms with Crippen LogP contribution in [0.15, 0.2) is 47.5 Å². The van der Waals surface area contributed by atoms with Crippen LogP contribution in [-0.2, 0) is 32.2 Å². The van der Waals surface area contributed by atoms with Crippen LogP contribution in [-0.4, -0.2) is 37.7 Å². The fraction of sp³-hybridized carbons (Fsp3) is 0.222. The summed E-state index contributed by atoms with van der Waals surface area (Å²) in [6.07, 6.45) is -3.79. The third kappa shape index (κ3) is 3.31. The number of alkyl halides is 3. The molecule has 0 saturated carbocycles. The van der Waals surface area contributed by atoms with Gasteiger partial charge in [0.1, 0.15) is 12.2 Å². The summed E-state index contributed by atoms with van der Waals surface area (Å²) >= 11 is 0. The average molecular weight is 425 g/mol. The van der Waals surface area contributed by atoms with Gasteiger partial charge in [-0.05, 0) is 17.5 Å². The highest BCUT2D eigenvalue weighted by Crippen LogP contribution is 2.41. The zero-order chi connectivity index (χ0) is 20.8. The SMILES string of the molecule is O=C(CN1c2cccc3cccc(c23)S1(=O)=O)OCCc1cn[nH]c1C(F)(F)F. The number of esters is 1. The van der Waals surface area contributed by atoms with Gasteiger partial charge in [0.05, 0.1) is 23.4 Å². The Labute approximate surface area is 163 Å². The summed E-state index contributed by atoms with van der Waals surface area (Å²) in [5.74, 6) is -0.865. The van der Waals surface area contributed by atoms with E-state index in [0.717, 1.165) is 15.9 Å². The van der Waals surface area contributed by atoms with E-state index in [4.69, 9.17) is 4.74 Å². The quantitative estimate of drug-likeness (QED) is 0.635. The molecule has 4 rings (SSSR count). The molecule has 1 aliphatic rings. The molecule has 0 amide bonds. The monoisotopic (exact) mass is 425 g/mol. The van der Waals surface area contributed by atoms with Crippen molar-refractivity contribution in [3.05, 3.63) is 53.9 Å². The van der Waals surface area contributed by atoms with Crippen molar-refractivity contribution in [1.82, 2.24) is 10.2 Å². The predicted octanol–water partition coefficient (Wildman–Crippen LogP) is 2.88. The van der Waals surface area contributed by atoms with Crippen LogP contribution in [0.5, 0.6) is 0 Å². The second kappa shape index (κ2) is 6.76. The fourth-order valence-corrected chi connectivity index (χ4v) is 4.97. The van der Waals surface area contributed by atoms with Gasteiger partial charge in [-0.15, -0.1) is 0 Å². The molecule has 2 heterocycles. The number of hydrogen-bond donors (Lipinski definition) is 1. The molecule has 1 N–H and O–H groups in total. The molecule has 0 atom stereocenters. The molecule has 0 fully saturated rings. The van der Waals surface area contributed by atoms with E-state index in [0.29, 0.717) is 11.1 Å². The number of anilines is 1. The predicted molar refractivity (Wildman–Crippen MR) is 96.7 cm³/mol. The number of carbonyl (C=O) groups excluding carboxylic acids is 1. The van der Waals surface area contributed by atoms with Crippen LogP contribution in [0.3, 0.4) is 0 Å². The average Bonchev–Trinajstić information content (AvgIpc) is 3.21. The Morgan fingerprint density at radius 2 is 1.90 bits per heavy atom. The minimum Gasteiger partial charge on any atom is -0.464 e. The lowest BCUT2D eigenvalue weighted by Crippen LogP contribution is -2.34. The summed E-state index contributed by atoms with van der Waals surface area (Å²) in [5, 5.41) is 6.48. The van der Waals surface area contributed by atoms with Crippen molar-refractivity contribution in [2.24, 2.45) is 0 Å². The van der Waals surface area contributed by atoms with Crippen LogP contribution in [0.4, 0.5) is 18.9 Å². The summed E-state index contributed by atoms with van der Waals surface area (Å²) in [6, 6.07) is 9.88. The van der Waals surface area contributed by atoms with Crippen molar-refractivity contribution in [2.45, 2.75) is 17.5 Å². The van der Waals surface area contributed by atoms with Gasteiger partial charge >= 0.3 is 12.1 Å². The summed E-state index contributed by atoms with van der Waals surface area (Å²) in [5.41, 5.74) is -0.779. The van der Waals surface area contributed by atoms with Crippen LogP contribution in [0.25, 0.3) is 10.8 Å². The van der Waals surface area contributed by atoms with Crippen LogP contribution in [0.1, 0.15) is 11.3 Å². The number of hydrogen-bond acceptors (Lipinski definition) is 5. The standard InChI is InChI=1S/C18H14F3N3O4S/c19-18(20,21)17-12(9-22-23-17)7-8-28-15(25)10-24-13-5-1-3-11-4-2-6-14(16(11)13)29(24,26)27/h1-6,9H,7-8,10H2,(H,22,23). The number of benzene rings is 2. The summed E-state index contributed by atoms with van der Waals surface area (Å²) < 4.78 is 70.0. The van der Waals surface area contributed by atoms with Gasteiger partial charge in [-0.1, -0.05) is 24.3 Å². The van der Waals surface area contributed by atoms with E-state index in [-0.39, 0.29) is 23.5 Å². The summed E-state index contributed by atoms with van der Waals surface area (Å²) in [7, 11) is -3.92. The highest BCUT2D eigenvalue weighted by atomic mass is 32.2. The molecule has 2 aromatic carbocycles. The van der Waals surface area contributed by atoms with E-state index in [1.165, 1.54) is 6.07 Å². The van der Waals surface area contributed by atoms with E-state index in [9.17, 15) is 26.4 Å². The van der Waals surface area contributed by atoms with Gasteiger partial charge in [-0.25, -0.2) is 8.42 Å². The highest BCUT2D eigenvalue weighted by Gasteiger charge is 2.37. The first-order valence-electron chi connectivity index (χ1n) is 8.49. The number of carbonyl (C=O) groups is 1. The van der Waals surface area contributed by atoms with Crippen LogP contribution in [0, 0.1) is 0 Å². The summed E-state index contributed by atoms with van der Waals surface area (Å²) in [6.45, 7) is -0.917. The Morgan fingerprint density at radius 1 is 1.17 bits per heavy atom. The lowest BCUT2D eigenvalue weighted by atomic mass is 10.1. The number of H-pyrrole nitrogens is 1. The molecule has 3 aromatic rings. The Morgan fingerprint density at radius 3 is 2.62 bits per heavy atom. The maximum Gasteiger partial charge on any atom is 0.433 e. The van der Waals surface area contributed by atoms with E-state index in [1.807, 2.05) is 5.10 Å².